The molecular formula is C16H18F3N5O. The van der Waals surface area contributed by atoms with Crippen molar-refractivity contribution in [3.63, 3.8) is 0 Å². The van der Waals surface area contributed by atoms with Gasteiger partial charge in [-0.15, -0.1) is 0 Å². The molecule has 0 saturated carbocycles. The maximum Gasteiger partial charge on any atom is 0.408 e. The summed E-state index contributed by atoms with van der Waals surface area (Å²) >= 11 is 0. The lowest BCUT2D eigenvalue weighted by molar-refractivity contribution is -0.142. The van der Waals surface area contributed by atoms with Crippen molar-refractivity contribution in [1.82, 2.24) is 15.1 Å². The molecule has 1 aliphatic heterocycles. The van der Waals surface area contributed by atoms with E-state index in [0.29, 0.717) is 25.3 Å². The Morgan fingerprint density at radius 2 is 2.04 bits per heavy atom. The average Bonchev–Trinajstić information content (AvgIpc) is 2.98. The lowest BCUT2D eigenvalue weighted by Crippen LogP contribution is -2.47. The Kier molecular flexibility index (Phi) is 4.82. The molecule has 1 saturated heterocycles. The van der Waals surface area contributed by atoms with Crippen molar-refractivity contribution in [2.24, 2.45) is 0 Å². The predicted octanol–water partition coefficient (Wildman–Crippen LogP) is 1.99. The van der Waals surface area contributed by atoms with Crippen molar-refractivity contribution in [1.29, 1.82) is 0 Å². The highest BCUT2D eigenvalue weighted by Crippen LogP contribution is 2.26. The summed E-state index contributed by atoms with van der Waals surface area (Å²) in [6.07, 6.45) is -2.98. The lowest BCUT2D eigenvalue weighted by atomic mass is 10.2. The van der Waals surface area contributed by atoms with Gasteiger partial charge in [0.1, 0.15) is 6.54 Å². The van der Waals surface area contributed by atoms with Crippen LogP contribution in [0.25, 0.3) is 0 Å². The smallest absolute Gasteiger partial charge is 0.378 e. The van der Waals surface area contributed by atoms with Crippen LogP contribution in [-0.4, -0.2) is 41.5 Å². The fourth-order valence-corrected chi connectivity index (χ4v) is 2.70. The quantitative estimate of drug-likeness (QED) is 0.863. The Labute approximate surface area is 142 Å². The van der Waals surface area contributed by atoms with Crippen molar-refractivity contribution >= 4 is 17.3 Å². The van der Waals surface area contributed by atoms with Crippen LogP contribution in [0.4, 0.5) is 24.5 Å². The highest BCUT2D eigenvalue weighted by Gasteiger charge is 2.28. The van der Waals surface area contributed by atoms with E-state index in [1.807, 2.05) is 29.2 Å². The Morgan fingerprint density at radius 3 is 2.80 bits per heavy atom. The van der Waals surface area contributed by atoms with E-state index in [2.05, 4.69) is 15.7 Å². The van der Waals surface area contributed by atoms with Crippen LogP contribution >= 0.6 is 0 Å². The molecule has 0 aliphatic carbocycles. The summed E-state index contributed by atoms with van der Waals surface area (Å²) < 4.78 is 38.0. The minimum absolute atomic E-state index is 0.0352. The zero-order chi connectivity index (χ0) is 17.9. The van der Waals surface area contributed by atoms with Crippen LogP contribution in [0.1, 0.15) is 5.69 Å². The second-order valence-electron chi connectivity index (χ2n) is 5.76. The molecule has 1 aliphatic rings. The molecule has 0 bridgehead atoms. The van der Waals surface area contributed by atoms with E-state index in [1.54, 1.807) is 6.07 Å². The molecule has 0 unspecified atom stereocenters. The molecule has 0 radical (unpaired) electrons. The van der Waals surface area contributed by atoms with Crippen LogP contribution in [-0.2, 0) is 17.9 Å². The molecule has 1 amide bonds. The van der Waals surface area contributed by atoms with E-state index in [-0.39, 0.29) is 12.5 Å². The van der Waals surface area contributed by atoms with Crippen molar-refractivity contribution in [3.05, 3.63) is 42.2 Å². The van der Waals surface area contributed by atoms with Gasteiger partial charge in [0.15, 0.2) is 0 Å². The normalized spacial score (nSPS) is 15.2. The monoisotopic (exact) mass is 353 g/mol. The van der Waals surface area contributed by atoms with Gasteiger partial charge in [-0.1, -0.05) is 12.1 Å². The predicted molar refractivity (Wildman–Crippen MR) is 87.3 cm³/mol. The number of alkyl halides is 3. The minimum Gasteiger partial charge on any atom is -0.378 e. The second kappa shape index (κ2) is 7.04. The van der Waals surface area contributed by atoms with Gasteiger partial charge in [0.05, 0.1) is 30.2 Å². The standard InChI is InChI=1S/C16H18F3N5O/c17-16(18,19)11-24-7-5-12(22-24)9-21-13-3-1-2-4-14(13)23-8-6-20-15(25)10-23/h1-5,7,21H,6,8-11H2,(H,20,25). The maximum atomic E-state index is 12.4. The number of carbonyl (C=O) groups is 1. The van der Waals surface area contributed by atoms with Crippen molar-refractivity contribution in [2.75, 3.05) is 29.9 Å². The largest absolute Gasteiger partial charge is 0.408 e. The number of hydrogen-bond donors (Lipinski definition) is 2. The number of carbonyl (C=O) groups excluding carboxylic acids is 1. The number of nitrogens with one attached hydrogen (secondary N) is 2. The Hall–Kier alpha value is -2.71. The molecule has 0 spiro atoms. The van der Waals surface area contributed by atoms with Crippen molar-refractivity contribution in [2.45, 2.75) is 19.3 Å². The molecule has 134 valence electrons. The Balaban J connectivity index is 1.66. The summed E-state index contributed by atoms with van der Waals surface area (Å²) in [5, 5.41) is 9.88. The highest BCUT2D eigenvalue weighted by atomic mass is 19.4. The number of amides is 1. The summed E-state index contributed by atoms with van der Waals surface area (Å²) in [6, 6.07) is 9.07. The molecule has 1 aromatic carbocycles. The minimum atomic E-state index is -4.29. The first-order chi connectivity index (χ1) is 11.9. The van der Waals surface area contributed by atoms with Crippen LogP contribution < -0.4 is 15.5 Å². The Bertz CT molecular complexity index is 743. The van der Waals surface area contributed by atoms with Crippen LogP contribution in [0, 0.1) is 0 Å². The summed E-state index contributed by atoms with van der Waals surface area (Å²) in [5.74, 6) is -0.0352. The SMILES string of the molecule is O=C1CN(c2ccccc2NCc2ccn(CC(F)(F)F)n2)CCN1. The van der Waals surface area contributed by atoms with Gasteiger partial charge in [0.25, 0.3) is 0 Å². The van der Waals surface area contributed by atoms with E-state index < -0.39 is 12.7 Å². The van der Waals surface area contributed by atoms with Gasteiger partial charge < -0.3 is 15.5 Å². The molecule has 3 rings (SSSR count). The van der Waals surface area contributed by atoms with Crippen LogP contribution in [0.2, 0.25) is 0 Å². The van der Waals surface area contributed by atoms with E-state index in [1.165, 1.54) is 6.20 Å². The molecule has 6 nitrogen and oxygen atoms in total. The van der Waals surface area contributed by atoms with Gasteiger partial charge in [-0.2, -0.15) is 18.3 Å². The number of rotatable bonds is 5. The first kappa shape index (κ1) is 17.1. The molecule has 2 heterocycles. The second-order valence-corrected chi connectivity index (χ2v) is 5.76. The van der Waals surface area contributed by atoms with Crippen LogP contribution in [0.5, 0.6) is 0 Å². The molecular weight excluding hydrogens is 335 g/mol. The van der Waals surface area contributed by atoms with Gasteiger partial charge in [0.2, 0.25) is 5.91 Å². The molecule has 1 aromatic heterocycles. The first-order valence-electron chi connectivity index (χ1n) is 7.84. The number of aromatic nitrogens is 2. The number of anilines is 2. The summed E-state index contributed by atoms with van der Waals surface area (Å²) in [7, 11) is 0. The van der Waals surface area contributed by atoms with Gasteiger partial charge in [0, 0.05) is 19.3 Å². The fourth-order valence-electron chi connectivity index (χ4n) is 2.70. The van der Waals surface area contributed by atoms with Gasteiger partial charge >= 0.3 is 6.18 Å². The summed E-state index contributed by atoms with van der Waals surface area (Å²) in [6.45, 7) is 0.743. The fraction of sp³-hybridized carbons (Fsp3) is 0.375. The number of piperazine rings is 1. The molecule has 0 atom stereocenters. The average molecular weight is 353 g/mol. The zero-order valence-electron chi connectivity index (χ0n) is 13.4. The van der Waals surface area contributed by atoms with Gasteiger partial charge in [-0.3, -0.25) is 9.48 Å². The summed E-state index contributed by atoms with van der Waals surface area (Å²) in [5.41, 5.74) is 2.20. The number of para-hydroxylation sites is 2. The van der Waals surface area contributed by atoms with E-state index in [9.17, 15) is 18.0 Å². The lowest BCUT2D eigenvalue weighted by Gasteiger charge is -2.30. The van der Waals surface area contributed by atoms with Crippen LogP contribution in [0.15, 0.2) is 36.5 Å². The highest BCUT2D eigenvalue weighted by molar-refractivity contribution is 5.84. The molecule has 2 N–H and O–H groups in total. The summed E-state index contributed by atoms with van der Waals surface area (Å²) in [4.78, 5) is 13.5. The van der Waals surface area contributed by atoms with E-state index >= 15 is 0 Å². The number of nitrogens with zero attached hydrogens (tertiary/aromatic N) is 3. The van der Waals surface area contributed by atoms with Crippen LogP contribution in [0.3, 0.4) is 0 Å². The molecule has 9 heteroatoms. The van der Waals surface area contributed by atoms with Gasteiger partial charge in [-0.05, 0) is 18.2 Å². The molecule has 1 fully saturated rings. The van der Waals surface area contributed by atoms with E-state index in [0.717, 1.165) is 16.1 Å². The first-order valence-corrected chi connectivity index (χ1v) is 7.84. The van der Waals surface area contributed by atoms with Crippen molar-refractivity contribution < 1.29 is 18.0 Å². The third kappa shape index (κ3) is 4.65. The number of benzene rings is 1. The zero-order valence-corrected chi connectivity index (χ0v) is 13.4. The Morgan fingerprint density at radius 1 is 1.24 bits per heavy atom. The third-order valence-corrected chi connectivity index (χ3v) is 3.78. The number of hydrogen-bond acceptors (Lipinski definition) is 4. The molecule has 2 aromatic rings. The third-order valence-electron chi connectivity index (χ3n) is 3.78. The van der Waals surface area contributed by atoms with Gasteiger partial charge in [-0.25, -0.2) is 0 Å². The topological polar surface area (TPSA) is 62.2 Å². The molecule has 25 heavy (non-hydrogen) atoms. The van der Waals surface area contributed by atoms with Crippen molar-refractivity contribution in [3.8, 4) is 0 Å². The van der Waals surface area contributed by atoms with E-state index in [4.69, 9.17) is 0 Å². The number of halogens is 3. The maximum absolute atomic E-state index is 12.4.